The van der Waals surface area contributed by atoms with Crippen LogP contribution in [0.5, 0.6) is 0 Å². The van der Waals surface area contributed by atoms with Gasteiger partial charge in [-0.1, -0.05) is 5.16 Å². The predicted octanol–water partition coefficient (Wildman–Crippen LogP) is 3.05. The molecule has 0 saturated carbocycles. The van der Waals surface area contributed by atoms with E-state index < -0.39 is 11.7 Å². The molecule has 1 saturated heterocycles. The number of hydrogen-bond donors (Lipinski definition) is 1. The van der Waals surface area contributed by atoms with Gasteiger partial charge in [-0.3, -0.25) is 10.3 Å². The van der Waals surface area contributed by atoms with Gasteiger partial charge in [-0.05, 0) is 37.8 Å². The molecule has 1 N–H and O–H groups in total. The molecule has 0 spiro atoms. The van der Waals surface area contributed by atoms with Crippen LogP contribution in [0.4, 0.5) is 13.2 Å². The summed E-state index contributed by atoms with van der Waals surface area (Å²) >= 11 is 0. The van der Waals surface area contributed by atoms with E-state index in [1.807, 2.05) is 0 Å². The number of hydrogen-bond acceptors (Lipinski definition) is 6. The Balaban J connectivity index is 1.79. The van der Waals surface area contributed by atoms with Crippen LogP contribution in [0.25, 0.3) is 0 Å². The molecule has 2 aromatic rings. The number of alkyl halides is 3. The molecule has 0 amide bonds. The van der Waals surface area contributed by atoms with Crippen LogP contribution in [0.2, 0.25) is 0 Å². The van der Waals surface area contributed by atoms with Crippen LogP contribution in [-0.2, 0) is 17.5 Å². The van der Waals surface area contributed by atoms with Crippen LogP contribution in [0.1, 0.15) is 41.9 Å². The molecule has 25 heavy (non-hydrogen) atoms. The molecular formula is C16H19F3N4O2. The average molecular weight is 356 g/mol. The summed E-state index contributed by atoms with van der Waals surface area (Å²) in [4.78, 5) is 8.13. The van der Waals surface area contributed by atoms with E-state index in [9.17, 15) is 13.2 Å². The maximum absolute atomic E-state index is 13.1. The van der Waals surface area contributed by atoms with E-state index in [4.69, 9.17) is 9.26 Å². The van der Waals surface area contributed by atoms with E-state index in [1.165, 1.54) is 12.3 Å². The Morgan fingerprint density at radius 2 is 2.08 bits per heavy atom. The van der Waals surface area contributed by atoms with Crippen molar-refractivity contribution in [3.63, 3.8) is 0 Å². The van der Waals surface area contributed by atoms with Gasteiger partial charge in [-0.15, -0.1) is 0 Å². The number of halogens is 3. The monoisotopic (exact) mass is 356 g/mol. The van der Waals surface area contributed by atoms with Crippen molar-refractivity contribution in [3.05, 3.63) is 41.3 Å². The fourth-order valence-corrected chi connectivity index (χ4v) is 2.99. The van der Waals surface area contributed by atoms with Gasteiger partial charge in [0.1, 0.15) is 0 Å². The van der Waals surface area contributed by atoms with Gasteiger partial charge in [0.05, 0.1) is 17.3 Å². The summed E-state index contributed by atoms with van der Waals surface area (Å²) in [6.45, 7) is 2.87. The summed E-state index contributed by atoms with van der Waals surface area (Å²) in [7, 11) is 0. The van der Waals surface area contributed by atoms with Crippen molar-refractivity contribution in [1.29, 1.82) is 0 Å². The van der Waals surface area contributed by atoms with E-state index in [1.54, 1.807) is 6.92 Å². The van der Waals surface area contributed by atoms with Crippen molar-refractivity contribution >= 4 is 0 Å². The molecule has 0 aliphatic carbocycles. The molecule has 136 valence electrons. The normalized spacial score (nSPS) is 17.6. The summed E-state index contributed by atoms with van der Waals surface area (Å²) < 4.78 is 50.0. The topological polar surface area (TPSA) is 73.1 Å². The molecule has 1 fully saturated rings. The van der Waals surface area contributed by atoms with Crippen LogP contribution in [0.15, 0.2) is 22.9 Å². The summed E-state index contributed by atoms with van der Waals surface area (Å²) in [6, 6.07) is 1.97. The Morgan fingerprint density at radius 1 is 1.32 bits per heavy atom. The largest absolute Gasteiger partial charge is 0.418 e. The van der Waals surface area contributed by atoms with E-state index in [2.05, 4.69) is 20.4 Å². The highest BCUT2D eigenvalue weighted by Gasteiger charge is 2.35. The molecule has 3 rings (SSSR count). The van der Waals surface area contributed by atoms with Gasteiger partial charge in [0, 0.05) is 26.0 Å². The molecule has 1 aliphatic rings. The third kappa shape index (κ3) is 4.35. The minimum atomic E-state index is -4.44. The first-order valence-electron chi connectivity index (χ1n) is 8.07. The zero-order valence-corrected chi connectivity index (χ0v) is 13.7. The van der Waals surface area contributed by atoms with Gasteiger partial charge in [-0.2, -0.15) is 18.2 Å². The van der Waals surface area contributed by atoms with Gasteiger partial charge in [0.2, 0.25) is 5.89 Å². The van der Waals surface area contributed by atoms with E-state index in [0.29, 0.717) is 24.9 Å². The molecule has 1 atom stereocenters. The van der Waals surface area contributed by atoms with E-state index in [-0.39, 0.29) is 24.2 Å². The molecule has 0 aromatic carbocycles. The quantitative estimate of drug-likeness (QED) is 0.888. The molecule has 2 aromatic heterocycles. The SMILES string of the molecule is Cc1noc([C@@H](NCc2ncccc2C(F)(F)F)C2CCOCC2)n1. The average Bonchev–Trinajstić information content (AvgIpc) is 3.02. The van der Waals surface area contributed by atoms with E-state index >= 15 is 0 Å². The lowest BCUT2D eigenvalue weighted by atomic mass is 9.91. The Hall–Kier alpha value is -2.00. The van der Waals surface area contributed by atoms with Crippen molar-refractivity contribution in [2.24, 2.45) is 5.92 Å². The molecule has 0 radical (unpaired) electrons. The lowest BCUT2D eigenvalue weighted by Gasteiger charge is -2.28. The Bertz CT molecular complexity index is 699. The lowest BCUT2D eigenvalue weighted by Crippen LogP contribution is -2.33. The van der Waals surface area contributed by atoms with Gasteiger partial charge in [-0.25, -0.2) is 0 Å². The number of nitrogens with zero attached hydrogens (tertiary/aromatic N) is 3. The summed E-state index contributed by atoms with van der Waals surface area (Å²) in [5, 5.41) is 6.92. The van der Waals surface area contributed by atoms with E-state index in [0.717, 1.165) is 18.9 Å². The minimum absolute atomic E-state index is 0.0425. The summed E-state index contributed by atoms with van der Waals surface area (Å²) in [6.07, 6.45) is -1.55. The maximum Gasteiger partial charge on any atom is 0.418 e. The molecule has 9 heteroatoms. The number of aryl methyl sites for hydroxylation is 1. The molecular weight excluding hydrogens is 337 g/mol. The highest BCUT2D eigenvalue weighted by molar-refractivity contribution is 5.23. The molecule has 6 nitrogen and oxygen atoms in total. The van der Waals surface area contributed by atoms with Gasteiger partial charge >= 0.3 is 6.18 Å². The molecule has 1 aliphatic heterocycles. The Kier molecular flexibility index (Phi) is 5.33. The smallest absolute Gasteiger partial charge is 0.381 e. The second-order valence-corrected chi connectivity index (χ2v) is 5.98. The van der Waals surface area contributed by atoms with Gasteiger partial charge in [0.25, 0.3) is 0 Å². The Labute approximate surface area is 142 Å². The summed E-state index contributed by atoms with van der Waals surface area (Å²) in [5.74, 6) is 1.02. The molecule has 0 unspecified atom stereocenters. The number of pyridine rings is 1. The van der Waals surface area contributed by atoms with Gasteiger partial charge in [0.15, 0.2) is 5.82 Å². The fraction of sp³-hybridized carbons (Fsp3) is 0.562. The lowest BCUT2D eigenvalue weighted by molar-refractivity contribution is -0.138. The van der Waals surface area contributed by atoms with Crippen molar-refractivity contribution < 1.29 is 22.4 Å². The number of nitrogens with one attached hydrogen (secondary N) is 1. The Morgan fingerprint density at radius 3 is 2.72 bits per heavy atom. The zero-order valence-electron chi connectivity index (χ0n) is 13.7. The number of aromatic nitrogens is 3. The third-order valence-corrected chi connectivity index (χ3v) is 4.23. The van der Waals surface area contributed by atoms with Crippen molar-refractivity contribution in [1.82, 2.24) is 20.4 Å². The van der Waals surface area contributed by atoms with Crippen LogP contribution in [0, 0.1) is 12.8 Å². The van der Waals surface area contributed by atoms with Crippen molar-refractivity contribution in [2.45, 2.75) is 38.5 Å². The second-order valence-electron chi connectivity index (χ2n) is 5.98. The van der Waals surface area contributed by atoms with Crippen LogP contribution in [0.3, 0.4) is 0 Å². The maximum atomic E-state index is 13.1. The van der Waals surface area contributed by atoms with Crippen LogP contribution >= 0.6 is 0 Å². The van der Waals surface area contributed by atoms with Crippen LogP contribution in [-0.4, -0.2) is 28.3 Å². The molecule has 3 heterocycles. The van der Waals surface area contributed by atoms with Crippen molar-refractivity contribution in [3.8, 4) is 0 Å². The highest BCUT2D eigenvalue weighted by Crippen LogP contribution is 2.33. The fourth-order valence-electron chi connectivity index (χ4n) is 2.99. The predicted molar refractivity (Wildman–Crippen MR) is 81.4 cm³/mol. The first-order valence-corrected chi connectivity index (χ1v) is 8.07. The van der Waals surface area contributed by atoms with Crippen molar-refractivity contribution in [2.75, 3.05) is 13.2 Å². The first-order chi connectivity index (χ1) is 11.9. The zero-order chi connectivity index (χ0) is 17.9. The number of rotatable bonds is 5. The van der Waals surface area contributed by atoms with Gasteiger partial charge < -0.3 is 9.26 Å². The minimum Gasteiger partial charge on any atom is -0.381 e. The number of ether oxygens (including phenoxy) is 1. The highest BCUT2D eigenvalue weighted by atomic mass is 19.4. The first kappa shape index (κ1) is 17.8. The third-order valence-electron chi connectivity index (χ3n) is 4.23. The van der Waals surface area contributed by atoms with Crippen LogP contribution < -0.4 is 5.32 Å². The molecule has 0 bridgehead atoms. The summed E-state index contributed by atoms with van der Waals surface area (Å²) in [5.41, 5.74) is -0.793. The standard InChI is InChI=1S/C16H19F3N4O2/c1-10-22-15(25-23-10)14(11-4-7-24-8-5-11)21-9-13-12(16(17,18)19)3-2-6-20-13/h2-3,6,11,14,21H,4-5,7-9H2,1H3/t14-/m0/s1. The second kappa shape index (κ2) is 7.49.